The molecular weight excluding hydrogens is 1290 g/mol. The third kappa shape index (κ3) is 13.9. The normalized spacial score (nSPS) is 13.1. The summed E-state index contributed by atoms with van der Waals surface area (Å²) in [5.41, 5.74) is -1.67. The Hall–Kier alpha value is -7.50. The van der Waals surface area contributed by atoms with Gasteiger partial charge in [0.25, 0.3) is 60.7 Å². The minimum absolute atomic E-state index is 0.00400. The molecule has 3 aromatic heterocycles. The highest BCUT2D eigenvalue weighted by molar-refractivity contribution is 7.99. The number of aromatic nitrogens is 3. The standard InChI is InChI=1S/C45H40N10O22S8/c1-21-13-28(50-53-38-22(2)26(20-46)43-47-39-35(83(66,67)68)8-7-31(75-3)41(39)55(43)44(38)56)33(77-9-5-11-80(57,58)59)17-27(21)49-52-30-18-32(76-4)29(19-34(30)78-10-6-12-81(60,61)62)51-54-45-48-40-37(85(72,73)74)16-24-25(42(40)79-45)14-23(82(63,64)65)15-36(24)84(69,70)71/h7-8,13-19,56H,5-6,9-12H2,1-4H3,(H,57,58,59)(H,60,61,62)(H,63,64,65)(H,66,67,68)(H,69,70,71)(H,72,73,74). The Kier molecular flexibility index (Phi) is 17.7. The van der Waals surface area contributed by atoms with Crippen LogP contribution in [0, 0.1) is 25.2 Å². The molecule has 85 heavy (non-hydrogen) atoms. The molecule has 3 heterocycles. The van der Waals surface area contributed by atoms with Crippen LogP contribution in [-0.4, -0.2) is 135 Å². The number of fused-ring (bicyclic) bond motifs is 6. The molecule has 0 atom stereocenters. The van der Waals surface area contributed by atoms with Crippen LogP contribution in [-0.2, 0) is 60.7 Å². The van der Waals surface area contributed by atoms with Gasteiger partial charge in [0.2, 0.25) is 11.0 Å². The molecule has 0 saturated heterocycles. The molecule has 0 aliphatic rings. The maximum atomic E-state index is 12.6. The SMILES string of the molecule is COc1cc(N=Nc2cc(OCCCS(=O)(=O)O)c(N=Nc3c(C)c(C#N)c4nc5c(S(=O)(=O)O)ccc(OC)c5n4c3O)cc2C)c(SCCCS(=O)(=O)O)cc1N=Nc1nc2c(S(=O)(=O)O)cc3c(S(=O)(=O)O)cc(S(=O)(=O)O)cc3c2s1. The van der Waals surface area contributed by atoms with E-state index in [0.717, 1.165) is 28.3 Å². The van der Waals surface area contributed by atoms with Crippen LogP contribution in [0.1, 0.15) is 29.5 Å². The van der Waals surface area contributed by atoms with E-state index in [0.29, 0.717) is 29.0 Å². The van der Waals surface area contributed by atoms with E-state index in [9.17, 15) is 88.2 Å². The Labute approximate surface area is 489 Å². The number of thioether (sulfide) groups is 1. The van der Waals surface area contributed by atoms with Crippen LogP contribution in [0.25, 0.3) is 37.7 Å². The minimum Gasteiger partial charge on any atom is -0.494 e. The number of benzene rings is 5. The van der Waals surface area contributed by atoms with Crippen LogP contribution >= 0.6 is 23.1 Å². The molecule has 0 amide bonds. The Balaban J connectivity index is 1.23. The summed E-state index contributed by atoms with van der Waals surface area (Å²) in [6.07, 6.45) is -0.349. The van der Waals surface area contributed by atoms with Gasteiger partial charge in [0, 0.05) is 33.4 Å². The van der Waals surface area contributed by atoms with Gasteiger partial charge >= 0.3 is 0 Å². The Morgan fingerprint density at radius 2 is 1.22 bits per heavy atom. The smallest absolute Gasteiger partial charge is 0.296 e. The van der Waals surface area contributed by atoms with Crippen molar-refractivity contribution in [3.8, 4) is 29.2 Å². The van der Waals surface area contributed by atoms with Gasteiger partial charge in [-0.05, 0) is 80.5 Å². The molecule has 8 rings (SSSR count). The molecule has 40 heteroatoms. The first-order valence-corrected chi connectivity index (χ1v) is 34.0. The van der Waals surface area contributed by atoms with E-state index < -0.39 is 114 Å². The number of thiazole rings is 1. The maximum absolute atomic E-state index is 12.6. The monoisotopic (exact) mass is 1330 g/mol. The first kappa shape index (κ1) is 63.5. The maximum Gasteiger partial charge on any atom is 0.296 e. The van der Waals surface area contributed by atoms with Crippen LogP contribution < -0.4 is 14.2 Å². The molecule has 0 aliphatic heterocycles. The van der Waals surface area contributed by atoms with Crippen molar-refractivity contribution >= 4 is 155 Å². The number of rotatable bonds is 22. The van der Waals surface area contributed by atoms with Crippen LogP contribution in [0.15, 0.2) is 110 Å². The number of nitrogens with zero attached hydrogens (tertiary/aromatic N) is 10. The number of methoxy groups -OCH3 is 2. The number of aryl methyl sites for hydroxylation is 1. The van der Waals surface area contributed by atoms with Crippen molar-refractivity contribution < 1.29 is 97.1 Å². The molecule has 0 unspecified atom stereocenters. The van der Waals surface area contributed by atoms with E-state index in [4.69, 9.17) is 14.2 Å². The van der Waals surface area contributed by atoms with Crippen molar-refractivity contribution in [1.29, 1.82) is 5.26 Å². The van der Waals surface area contributed by atoms with Gasteiger partial charge < -0.3 is 19.3 Å². The number of ether oxygens (including phenoxy) is 3. The summed E-state index contributed by atoms with van der Waals surface area (Å²) in [4.78, 5) is 4.74. The molecule has 0 radical (unpaired) electrons. The third-order valence-corrected chi connectivity index (χ3v) is 19.2. The van der Waals surface area contributed by atoms with E-state index in [1.165, 1.54) is 51.5 Å². The second kappa shape index (κ2) is 23.8. The predicted molar refractivity (Wildman–Crippen MR) is 302 cm³/mol. The second-order valence-corrected chi connectivity index (χ2v) is 28.5. The van der Waals surface area contributed by atoms with Gasteiger partial charge in [-0.15, -0.1) is 37.3 Å². The zero-order chi connectivity index (χ0) is 62.5. The van der Waals surface area contributed by atoms with Gasteiger partial charge in [-0.3, -0.25) is 31.7 Å². The lowest BCUT2D eigenvalue weighted by molar-refractivity contribution is 0.317. The molecular formula is C45H40N10O22S8. The van der Waals surface area contributed by atoms with Gasteiger partial charge in [0.15, 0.2) is 11.3 Å². The average molecular weight is 1330 g/mol. The molecule has 0 bridgehead atoms. The lowest BCUT2D eigenvalue weighted by atomic mass is 10.1. The largest absolute Gasteiger partial charge is 0.494 e. The topological polar surface area (TPSA) is 502 Å². The number of nitriles is 1. The number of aromatic hydroxyl groups is 1. The molecule has 450 valence electrons. The molecule has 8 aromatic rings. The van der Waals surface area contributed by atoms with Crippen molar-refractivity contribution in [3.63, 3.8) is 0 Å². The molecule has 7 N–H and O–H groups in total. The Morgan fingerprint density at radius 1 is 0.624 bits per heavy atom. The summed E-state index contributed by atoms with van der Waals surface area (Å²) in [6, 6.07) is 11.2. The van der Waals surface area contributed by atoms with Crippen LogP contribution in [0.3, 0.4) is 0 Å². The number of pyridine rings is 1. The average Bonchev–Trinajstić information content (AvgIpc) is 2.23. The third-order valence-electron chi connectivity index (χ3n) is 12.0. The van der Waals surface area contributed by atoms with Crippen LogP contribution in [0.4, 0.5) is 33.6 Å². The molecule has 0 aliphatic carbocycles. The van der Waals surface area contributed by atoms with E-state index in [-0.39, 0.29) is 114 Å². The number of imidazole rings is 1. The fraction of sp³-hybridized carbons (Fsp3) is 0.222. The Bertz CT molecular complexity index is 4990. The highest BCUT2D eigenvalue weighted by atomic mass is 32.2. The molecule has 0 saturated carbocycles. The lowest BCUT2D eigenvalue weighted by Crippen LogP contribution is -2.08. The van der Waals surface area contributed by atoms with Gasteiger partial charge in [0.05, 0.1) is 47.6 Å². The lowest BCUT2D eigenvalue weighted by Gasteiger charge is -2.12. The summed E-state index contributed by atoms with van der Waals surface area (Å²) >= 11 is 1.49. The fourth-order valence-corrected chi connectivity index (χ4v) is 13.9. The number of hydrogen-bond acceptors (Lipinski definition) is 27. The van der Waals surface area contributed by atoms with Gasteiger partial charge in [-0.1, -0.05) is 11.3 Å². The number of azo groups is 3. The van der Waals surface area contributed by atoms with E-state index in [1.807, 2.05) is 6.07 Å². The van der Waals surface area contributed by atoms with Crippen LogP contribution in [0.5, 0.6) is 23.1 Å². The first-order valence-electron chi connectivity index (χ1n) is 23.3. The van der Waals surface area contributed by atoms with Crippen molar-refractivity contribution in [2.45, 2.75) is 51.2 Å². The van der Waals surface area contributed by atoms with E-state index in [2.05, 4.69) is 40.7 Å². The van der Waals surface area contributed by atoms with Crippen molar-refractivity contribution in [1.82, 2.24) is 14.4 Å². The van der Waals surface area contributed by atoms with E-state index in [1.54, 1.807) is 6.92 Å². The van der Waals surface area contributed by atoms with E-state index >= 15 is 0 Å². The molecule has 0 spiro atoms. The summed E-state index contributed by atoms with van der Waals surface area (Å²) < 4.78 is 222. The predicted octanol–water partition coefficient (Wildman–Crippen LogP) is 8.72. The summed E-state index contributed by atoms with van der Waals surface area (Å²) in [6.45, 7) is 2.58. The molecule has 5 aromatic carbocycles. The first-order chi connectivity index (χ1) is 39.5. The van der Waals surface area contributed by atoms with Crippen LogP contribution in [0.2, 0.25) is 0 Å². The summed E-state index contributed by atoms with van der Waals surface area (Å²) in [5.74, 6) is -2.31. The zero-order valence-corrected chi connectivity index (χ0v) is 50.0. The highest BCUT2D eigenvalue weighted by Gasteiger charge is 2.30. The fourth-order valence-electron chi connectivity index (χ4n) is 8.18. The van der Waals surface area contributed by atoms with Crippen molar-refractivity contribution in [2.24, 2.45) is 30.7 Å². The minimum atomic E-state index is -5.33. The number of hydrogen-bond donors (Lipinski definition) is 7. The quantitative estimate of drug-likeness (QED) is 0.0144. The molecule has 32 nitrogen and oxygen atoms in total. The van der Waals surface area contributed by atoms with Gasteiger partial charge in [-0.25, -0.2) is 9.97 Å². The molecule has 0 fully saturated rings. The second-order valence-electron chi connectivity index (χ2n) is 17.7. The Morgan fingerprint density at radius 3 is 1.84 bits per heavy atom. The van der Waals surface area contributed by atoms with Crippen molar-refractivity contribution in [3.05, 3.63) is 71.3 Å². The zero-order valence-electron chi connectivity index (χ0n) is 43.4. The highest BCUT2D eigenvalue weighted by Crippen LogP contribution is 2.47. The summed E-state index contributed by atoms with van der Waals surface area (Å²) in [7, 11) is -27.1. The van der Waals surface area contributed by atoms with Gasteiger partial charge in [-0.2, -0.15) is 60.9 Å². The van der Waals surface area contributed by atoms with Gasteiger partial charge in [0.1, 0.15) is 77.2 Å². The van der Waals surface area contributed by atoms with Crippen molar-refractivity contribution in [2.75, 3.05) is 38.1 Å². The summed E-state index contributed by atoms with van der Waals surface area (Å²) in [5, 5.41) is 46.3.